The number of methoxy groups -OCH3 is 1. The summed E-state index contributed by atoms with van der Waals surface area (Å²) < 4.78 is 5.45. The van der Waals surface area contributed by atoms with Crippen LogP contribution in [0.4, 0.5) is 0 Å². The van der Waals surface area contributed by atoms with Gasteiger partial charge in [-0.05, 0) is 26.0 Å². The summed E-state index contributed by atoms with van der Waals surface area (Å²) in [5, 5.41) is 0. The number of nitrogens with one attached hydrogen (secondary N) is 2. The van der Waals surface area contributed by atoms with Crippen molar-refractivity contribution in [1.82, 2.24) is 0 Å². The van der Waals surface area contributed by atoms with Crippen molar-refractivity contribution >= 4 is 5.91 Å². The third-order valence-corrected chi connectivity index (χ3v) is 4.51. The fraction of sp³-hybridized carbons (Fsp3) is 0.562. The average Bonchev–Trinajstić information content (AvgIpc) is 2.47. The van der Waals surface area contributed by atoms with E-state index in [4.69, 9.17) is 10.5 Å². The van der Waals surface area contributed by atoms with Crippen LogP contribution >= 0.6 is 0 Å². The van der Waals surface area contributed by atoms with Gasteiger partial charge < -0.3 is 20.3 Å². The van der Waals surface area contributed by atoms with Crippen LogP contribution in [0, 0.1) is 6.92 Å². The summed E-state index contributed by atoms with van der Waals surface area (Å²) in [6, 6.07) is 6.24. The third-order valence-electron chi connectivity index (χ3n) is 4.51. The normalized spacial score (nSPS) is 23.6. The zero-order chi connectivity index (χ0) is 15.4. The molecule has 2 rings (SSSR count). The fourth-order valence-electron chi connectivity index (χ4n) is 3.05. The Morgan fingerprint density at radius 3 is 2.57 bits per heavy atom. The van der Waals surface area contributed by atoms with Gasteiger partial charge in [-0.15, -0.1) is 0 Å². The number of piperazine rings is 1. The Balaban J connectivity index is 1.95. The fourth-order valence-corrected chi connectivity index (χ4v) is 3.05. The standard InChI is InChI=1S/C16H25N3O2/c1-12-4-5-15(21-3)14(10-12)11-18-6-8-19(9-7-18)13(2)16(17)20/h4-5,10,13H,6-9,11H2,1-3H3,(H2,17,20)/p+2/t13-/m0/s1. The lowest BCUT2D eigenvalue weighted by Gasteiger charge is -2.32. The topological polar surface area (TPSA) is 61.2 Å². The van der Waals surface area contributed by atoms with E-state index in [0.29, 0.717) is 0 Å². The van der Waals surface area contributed by atoms with E-state index in [2.05, 4.69) is 19.1 Å². The second-order valence-corrected chi connectivity index (χ2v) is 6.02. The molecular weight excluding hydrogens is 266 g/mol. The van der Waals surface area contributed by atoms with Crippen molar-refractivity contribution in [3.63, 3.8) is 0 Å². The van der Waals surface area contributed by atoms with E-state index < -0.39 is 0 Å². The van der Waals surface area contributed by atoms with E-state index >= 15 is 0 Å². The van der Waals surface area contributed by atoms with Crippen LogP contribution in [0.5, 0.6) is 5.75 Å². The Bertz CT molecular complexity index is 496. The maximum atomic E-state index is 11.3. The zero-order valence-electron chi connectivity index (χ0n) is 13.2. The van der Waals surface area contributed by atoms with Gasteiger partial charge >= 0.3 is 0 Å². The number of hydrogen-bond donors (Lipinski definition) is 3. The summed E-state index contributed by atoms with van der Waals surface area (Å²) >= 11 is 0. The Morgan fingerprint density at radius 2 is 2.00 bits per heavy atom. The van der Waals surface area contributed by atoms with E-state index in [1.165, 1.54) is 16.0 Å². The molecule has 5 nitrogen and oxygen atoms in total. The Morgan fingerprint density at radius 1 is 1.33 bits per heavy atom. The van der Waals surface area contributed by atoms with Crippen LogP contribution in [0.1, 0.15) is 18.1 Å². The lowest BCUT2D eigenvalue weighted by atomic mass is 10.1. The predicted molar refractivity (Wildman–Crippen MR) is 81.5 cm³/mol. The highest BCUT2D eigenvalue weighted by Crippen LogP contribution is 2.18. The molecule has 1 fully saturated rings. The molecule has 21 heavy (non-hydrogen) atoms. The van der Waals surface area contributed by atoms with Crippen LogP contribution in [0.3, 0.4) is 0 Å². The summed E-state index contributed by atoms with van der Waals surface area (Å²) in [4.78, 5) is 14.1. The number of quaternary nitrogens is 2. The van der Waals surface area contributed by atoms with Gasteiger partial charge in [-0.2, -0.15) is 0 Å². The SMILES string of the molecule is COc1ccc(C)cc1C[NH+]1CC[NH+]([C@@H](C)C(N)=O)CC1. The zero-order valence-corrected chi connectivity index (χ0v) is 13.2. The van der Waals surface area contributed by atoms with Crippen molar-refractivity contribution in [2.45, 2.75) is 26.4 Å². The minimum Gasteiger partial charge on any atom is -0.496 e. The van der Waals surface area contributed by atoms with Gasteiger partial charge in [-0.3, -0.25) is 4.79 Å². The molecule has 1 aromatic carbocycles. The van der Waals surface area contributed by atoms with E-state index in [1.807, 2.05) is 13.0 Å². The molecule has 0 saturated carbocycles. The number of benzene rings is 1. The van der Waals surface area contributed by atoms with Crippen LogP contribution in [0.25, 0.3) is 0 Å². The number of primary amides is 1. The van der Waals surface area contributed by atoms with Crippen molar-refractivity contribution in [3.05, 3.63) is 29.3 Å². The first-order valence-corrected chi connectivity index (χ1v) is 7.62. The molecule has 5 heteroatoms. The summed E-state index contributed by atoms with van der Waals surface area (Å²) in [7, 11) is 1.72. The number of ether oxygens (including phenoxy) is 1. The lowest BCUT2D eigenvalue weighted by molar-refractivity contribution is -1.02. The van der Waals surface area contributed by atoms with Gasteiger partial charge in [0, 0.05) is 5.56 Å². The van der Waals surface area contributed by atoms with Gasteiger partial charge in [-0.1, -0.05) is 11.6 Å². The molecule has 0 bridgehead atoms. The highest BCUT2D eigenvalue weighted by atomic mass is 16.5. The molecule has 0 aromatic heterocycles. The van der Waals surface area contributed by atoms with Gasteiger partial charge in [0.05, 0.1) is 7.11 Å². The monoisotopic (exact) mass is 293 g/mol. The van der Waals surface area contributed by atoms with Gasteiger partial charge in [-0.25, -0.2) is 0 Å². The Hall–Kier alpha value is -1.59. The van der Waals surface area contributed by atoms with E-state index in [9.17, 15) is 4.79 Å². The van der Waals surface area contributed by atoms with Gasteiger partial charge in [0.25, 0.3) is 5.91 Å². The summed E-state index contributed by atoms with van der Waals surface area (Å²) in [5.41, 5.74) is 7.92. The number of nitrogens with two attached hydrogens (primary N) is 1. The van der Waals surface area contributed by atoms with Crippen molar-refractivity contribution in [2.75, 3.05) is 33.3 Å². The molecule has 1 heterocycles. The third kappa shape index (κ3) is 3.95. The van der Waals surface area contributed by atoms with Gasteiger partial charge in [0.2, 0.25) is 0 Å². The molecule has 1 aliphatic heterocycles. The number of hydrogen-bond acceptors (Lipinski definition) is 2. The smallest absolute Gasteiger partial charge is 0.275 e. The molecule has 1 aliphatic rings. The summed E-state index contributed by atoms with van der Waals surface area (Å²) in [6.45, 7) is 9.11. The molecule has 1 amide bonds. The minimum atomic E-state index is -0.200. The number of aryl methyl sites for hydroxylation is 1. The molecule has 0 unspecified atom stereocenters. The highest BCUT2D eigenvalue weighted by molar-refractivity contribution is 5.77. The number of carbonyl (C=O) groups is 1. The van der Waals surface area contributed by atoms with Crippen LogP contribution in [-0.4, -0.2) is 45.2 Å². The number of amides is 1. The molecule has 1 saturated heterocycles. The van der Waals surface area contributed by atoms with Crippen molar-refractivity contribution in [3.8, 4) is 5.75 Å². The maximum Gasteiger partial charge on any atom is 0.275 e. The van der Waals surface area contributed by atoms with Crippen LogP contribution in [0.15, 0.2) is 18.2 Å². The first kappa shape index (κ1) is 15.8. The highest BCUT2D eigenvalue weighted by Gasteiger charge is 2.30. The van der Waals surface area contributed by atoms with Gasteiger partial charge in [0.1, 0.15) is 38.5 Å². The van der Waals surface area contributed by atoms with Crippen molar-refractivity contribution < 1.29 is 19.3 Å². The largest absolute Gasteiger partial charge is 0.496 e. The molecule has 1 aromatic rings. The van der Waals surface area contributed by atoms with Crippen LogP contribution < -0.4 is 20.3 Å². The maximum absolute atomic E-state index is 11.3. The number of carbonyl (C=O) groups excluding carboxylic acids is 1. The summed E-state index contributed by atoms with van der Waals surface area (Å²) in [6.07, 6.45) is 0. The molecule has 4 N–H and O–H groups in total. The second kappa shape index (κ2) is 6.91. The second-order valence-electron chi connectivity index (χ2n) is 6.02. The Kier molecular flexibility index (Phi) is 5.20. The molecule has 116 valence electrons. The average molecular weight is 293 g/mol. The van der Waals surface area contributed by atoms with Crippen molar-refractivity contribution in [1.29, 1.82) is 0 Å². The van der Waals surface area contributed by atoms with E-state index in [1.54, 1.807) is 12.0 Å². The minimum absolute atomic E-state index is 0.0833. The number of rotatable bonds is 5. The van der Waals surface area contributed by atoms with Crippen LogP contribution in [-0.2, 0) is 11.3 Å². The predicted octanol–water partition coefficient (Wildman–Crippen LogP) is -1.84. The van der Waals surface area contributed by atoms with E-state index in [-0.39, 0.29) is 11.9 Å². The Labute approximate surface area is 126 Å². The summed E-state index contributed by atoms with van der Waals surface area (Å²) in [5.74, 6) is 0.766. The quantitative estimate of drug-likeness (QED) is 0.597. The molecular formula is C16H27N3O2+2. The molecule has 1 atom stereocenters. The first-order valence-electron chi connectivity index (χ1n) is 7.62. The molecule has 0 spiro atoms. The van der Waals surface area contributed by atoms with Crippen LogP contribution in [0.2, 0.25) is 0 Å². The molecule has 0 radical (unpaired) electrons. The lowest BCUT2D eigenvalue weighted by Crippen LogP contribution is -3.29. The van der Waals surface area contributed by atoms with Gasteiger partial charge in [0.15, 0.2) is 6.04 Å². The van der Waals surface area contributed by atoms with Crippen molar-refractivity contribution in [2.24, 2.45) is 5.73 Å². The van der Waals surface area contributed by atoms with E-state index in [0.717, 1.165) is 38.5 Å². The first-order chi connectivity index (χ1) is 10.0. The molecule has 0 aliphatic carbocycles.